The van der Waals surface area contributed by atoms with Crippen molar-refractivity contribution in [1.29, 1.82) is 0 Å². The molecule has 0 atom stereocenters. The van der Waals surface area contributed by atoms with Gasteiger partial charge in [-0.15, -0.1) is 0 Å². The zero-order valence-corrected chi connectivity index (χ0v) is 7.33. The Morgan fingerprint density at radius 2 is 1.58 bits per heavy atom. The molecule has 1 aromatic rings. The number of methoxy groups -OCH3 is 2. The van der Waals surface area contributed by atoms with Gasteiger partial charge in [0.15, 0.2) is 17.2 Å². The van der Waals surface area contributed by atoms with E-state index in [1.807, 2.05) is 0 Å². The second-order valence-electron chi connectivity index (χ2n) is 2.33. The van der Waals surface area contributed by atoms with E-state index in [4.69, 9.17) is 9.47 Å². The highest BCUT2D eigenvalue weighted by atomic mass is 16.5. The summed E-state index contributed by atoms with van der Waals surface area (Å²) in [4.78, 5) is 11.0. The first kappa shape index (κ1) is 8.64. The molecule has 12 heavy (non-hydrogen) atoms. The fourth-order valence-electron chi connectivity index (χ4n) is 0.979. The van der Waals surface area contributed by atoms with Crippen LogP contribution in [0, 0.1) is 0 Å². The fraction of sp³-hybridized carbons (Fsp3) is 0.375. The van der Waals surface area contributed by atoms with Gasteiger partial charge < -0.3 is 9.47 Å². The van der Waals surface area contributed by atoms with Crippen LogP contribution in [0.4, 0.5) is 0 Å². The summed E-state index contributed by atoms with van der Waals surface area (Å²) in [5, 5.41) is 0. The van der Waals surface area contributed by atoms with Gasteiger partial charge in [0.25, 0.3) is 0 Å². The monoisotopic (exact) mass is 169 g/mol. The van der Waals surface area contributed by atoms with Crippen LogP contribution < -0.4 is 14.9 Å². The second-order valence-corrected chi connectivity index (χ2v) is 2.33. The van der Waals surface area contributed by atoms with E-state index in [1.165, 1.54) is 26.4 Å². The molecule has 0 N–H and O–H groups in total. The third-order valence-corrected chi connectivity index (χ3v) is 1.61. The molecule has 0 bridgehead atoms. The minimum Gasteiger partial charge on any atom is -0.482 e. The molecule has 0 amide bonds. The van der Waals surface area contributed by atoms with Gasteiger partial charge in [-0.3, -0.25) is 9.36 Å². The average Bonchev–Trinajstić information content (AvgIpc) is 2.08. The fourth-order valence-corrected chi connectivity index (χ4v) is 0.979. The Hall–Kier alpha value is -1.45. The summed E-state index contributed by atoms with van der Waals surface area (Å²) in [5.41, 5.74) is -0.123. The maximum atomic E-state index is 11.0. The molecule has 66 valence electrons. The first-order valence-corrected chi connectivity index (χ1v) is 3.48. The maximum Gasteiger partial charge on any atom is 0.199 e. The molecule has 0 saturated heterocycles. The standard InChI is InChI=1S/C8H11NO3/c1-9-7(11-2)4-6(10)5-8(9)12-3/h4-5H,1-3H3. The Labute approximate surface area is 70.3 Å². The number of ether oxygens (including phenoxy) is 2. The van der Waals surface area contributed by atoms with E-state index < -0.39 is 0 Å². The maximum absolute atomic E-state index is 11.0. The Kier molecular flexibility index (Phi) is 2.38. The van der Waals surface area contributed by atoms with Gasteiger partial charge in [-0.2, -0.15) is 0 Å². The number of nitrogens with zero attached hydrogens (tertiary/aromatic N) is 1. The predicted molar refractivity (Wildman–Crippen MR) is 44.8 cm³/mol. The summed E-state index contributed by atoms with van der Waals surface area (Å²) in [7, 11) is 4.78. The van der Waals surface area contributed by atoms with Gasteiger partial charge in [0.1, 0.15) is 0 Å². The Bertz CT molecular complexity index is 301. The molecule has 0 aliphatic rings. The Morgan fingerprint density at radius 1 is 1.17 bits per heavy atom. The van der Waals surface area contributed by atoms with Crippen molar-refractivity contribution in [3.8, 4) is 11.8 Å². The van der Waals surface area contributed by atoms with Crippen LogP contribution in [0.1, 0.15) is 0 Å². The lowest BCUT2D eigenvalue weighted by Gasteiger charge is -2.10. The van der Waals surface area contributed by atoms with E-state index in [0.717, 1.165) is 0 Å². The van der Waals surface area contributed by atoms with E-state index >= 15 is 0 Å². The van der Waals surface area contributed by atoms with Crippen LogP contribution in [-0.2, 0) is 7.05 Å². The highest BCUT2D eigenvalue weighted by Crippen LogP contribution is 2.14. The minimum atomic E-state index is -0.123. The summed E-state index contributed by atoms with van der Waals surface area (Å²) in [6.45, 7) is 0. The van der Waals surface area contributed by atoms with Crippen LogP contribution in [0.2, 0.25) is 0 Å². The van der Waals surface area contributed by atoms with Crippen LogP contribution in [0.3, 0.4) is 0 Å². The molecule has 4 nitrogen and oxygen atoms in total. The van der Waals surface area contributed by atoms with E-state index in [2.05, 4.69) is 0 Å². The molecule has 4 heteroatoms. The number of aromatic nitrogens is 1. The molecular weight excluding hydrogens is 158 g/mol. The van der Waals surface area contributed by atoms with E-state index in [1.54, 1.807) is 11.6 Å². The molecule has 0 radical (unpaired) electrons. The van der Waals surface area contributed by atoms with Crippen molar-refractivity contribution in [2.45, 2.75) is 0 Å². The van der Waals surface area contributed by atoms with Crippen molar-refractivity contribution in [2.75, 3.05) is 14.2 Å². The number of hydrogen-bond acceptors (Lipinski definition) is 3. The summed E-state index contributed by atoms with van der Waals surface area (Å²) in [6.07, 6.45) is 0. The molecule has 0 unspecified atom stereocenters. The van der Waals surface area contributed by atoms with Crippen molar-refractivity contribution in [1.82, 2.24) is 4.57 Å². The number of rotatable bonds is 2. The summed E-state index contributed by atoms with van der Waals surface area (Å²) in [6, 6.07) is 2.81. The first-order valence-electron chi connectivity index (χ1n) is 3.48. The molecule has 1 aromatic heterocycles. The van der Waals surface area contributed by atoms with Gasteiger partial charge in [0.05, 0.1) is 14.2 Å². The molecule has 1 rings (SSSR count). The molecule has 0 spiro atoms. The van der Waals surface area contributed by atoms with Crippen molar-refractivity contribution in [2.24, 2.45) is 7.05 Å². The molecule has 0 fully saturated rings. The molecular formula is C8H11NO3. The second kappa shape index (κ2) is 3.30. The van der Waals surface area contributed by atoms with Gasteiger partial charge in [0, 0.05) is 19.2 Å². The largest absolute Gasteiger partial charge is 0.482 e. The van der Waals surface area contributed by atoms with Crippen molar-refractivity contribution >= 4 is 0 Å². The van der Waals surface area contributed by atoms with E-state index in [9.17, 15) is 4.79 Å². The molecule has 0 aliphatic carbocycles. The van der Waals surface area contributed by atoms with Gasteiger partial charge in [0.2, 0.25) is 0 Å². The third-order valence-electron chi connectivity index (χ3n) is 1.61. The van der Waals surface area contributed by atoms with Gasteiger partial charge in [-0.05, 0) is 0 Å². The number of pyridine rings is 1. The molecule has 0 aliphatic heterocycles. The third kappa shape index (κ3) is 1.42. The first-order chi connectivity index (χ1) is 5.69. The van der Waals surface area contributed by atoms with Crippen LogP contribution in [0.15, 0.2) is 16.9 Å². The lowest BCUT2D eigenvalue weighted by atomic mass is 10.4. The summed E-state index contributed by atoms with van der Waals surface area (Å²) >= 11 is 0. The quantitative estimate of drug-likeness (QED) is 0.643. The summed E-state index contributed by atoms with van der Waals surface area (Å²) in [5.74, 6) is 0.971. The Morgan fingerprint density at radius 3 is 1.92 bits per heavy atom. The predicted octanol–water partition coefficient (Wildman–Crippen LogP) is 0.402. The van der Waals surface area contributed by atoms with Crippen LogP contribution in [0.25, 0.3) is 0 Å². The zero-order chi connectivity index (χ0) is 9.14. The smallest absolute Gasteiger partial charge is 0.199 e. The van der Waals surface area contributed by atoms with Crippen molar-refractivity contribution in [3.05, 3.63) is 22.4 Å². The highest BCUT2D eigenvalue weighted by Gasteiger charge is 2.03. The minimum absolute atomic E-state index is 0.123. The van der Waals surface area contributed by atoms with Crippen LogP contribution in [0.5, 0.6) is 11.8 Å². The SMILES string of the molecule is COc1cc(=O)cc(OC)n1C. The zero-order valence-electron chi connectivity index (χ0n) is 7.33. The molecule has 0 saturated carbocycles. The highest BCUT2D eigenvalue weighted by molar-refractivity contribution is 5.22. The topological polar surface area (TPSA) is 40.5 Å². The van der Waals surface area contributed by atoms with E-state index in [0.29, 0.717) is 11.8 Å². The lowest BCUT2D eigenvalue weighted by Crippen LogP contribution is -2.09. The van der Waals surface area contributed by atoms with Gasteiger partial charge in [-0.1, -0.05) is 0 Å². The van der Waals surface area contributed by atoms with Crippen molar-refractivity contribution in [3.63, 3.8) is 0 Å². The molecule has 0 aromatic carbocycles. The van der Waals surface area contributed by atoms with Crippen LogP contribution >= 0.6 is 0 Å². The van der Waals surface area contributed by atoms with Gasteiger partial charge in [-0.25, -0.2) is 0 Å². The molecule has 1 heterocycles. The van der Waals surface area contributed by atoms with Gasteiger partial charge >= 0.3 is 0 Å². The van der Waals surface area contributed by atoms with Crippen molar-refractivity contribution < 1.29 is 9.47 Å². The number of hydrogen-bond donors (Lipinski definition) is 0. The van der Waals surface area contributed by atoms with E-state index in [-0.39, 0.29) is 5.43 Å². The Balaban J connectivity index is 3.32. The summed E-state index contributed by atoms with van der Waals surface area (Å²) < 4.78 is 11.6. The van der Waals surface area contributed by atoms with Crippen LogP contribution in [-0.4, -0.2) is 18.8 Å². The average molecular weight is 169 g/mol. The lowest BCUT2D eigenvalue weighted by molar-refractivity contribution is 0.334. The normalized spacial score (nSPS) is 9.58.